The molecule has 86 valence electrons. The minimum atomic E-state index is -0.269. The lowest BCUT2D eigenvalue weighted by atomic mass is 9.99. The van der Waals surface area contributed by atoms with Crippen molar-refractivity contribution in [3.05, 3.63) is 22.8 Å². The molecular formula is C14H18O2. The molecule has 0 amide bonds. The molecule has 1 N–H and O–H groups in total. The monoisotopic (exact) mass is 218 g/mol. The van der Waals surface area contributed by atoms with E-state index in [1.807, 2.05) is 0 Å². The van der Waals surface area contributed by atoms with E-state index in [9.17, 15) is 9.90 Å². The zero-order valence-electron chi connectivity index (χ0n) is 9.54. The normalized spacial score (nSPS) is 37.6. The number of carbonyl (C=O) groups excluding carboxylic acids is 1. The molecule has 1 saturated carbocycles. The van der Waals surface area contributed by atoms with Crippen molar-refractivity contribution in [2.24, 2.45) is 5.92 Å². The molecule has 3 aliphatic carbocycles. The van der Waals surface area contributed by atoms with E-state index >= 15 is 0 Å². The minimum absolute atomic E-state index is 0.269. The summed E-state index contributed by atoms with van der Waals surface area (Å²) in [6.45, 7) is 0. The molecule has 3 aliphatic rings. The predicted molar refractivity (Wildman–Crippen MR) is 61.9 cm³/mol. The van der Waals surface area contributed by atoms with Gasteiger partial charge in [0.05, 0.1) is 6.10 Å². The second-order valence-electron chi connectivity index (χ2n) is 5.23. The van der Waals surface area contributed by atoms with Gasteiger partial charge in [0, 0.05) is 12.8 Å². The highest BCUT2D eigenvalue weighted by Gasteiger charge is 2.37. The van der Waals surface area contributed by atoms with Crippen LogP contribution in [0.3, 0.4) is 0 Å². The fourth-order valence-electron chi connectivity index (χ4n) is 3.49. The first-order valence-electron chi connectivity index (χ1n) is 6.38. The van der Waals surface area contributed by atoms with Gasteiger partial charge in [0.25, 0.3) is 0 Å². The summed E-state index contributed by atoms with van der Waals surface area (Å²) in [5.41, 5.74) is 4.05. The first-order valence-corrected chi connectivity index (χ1v) is 6.38. The van der Waals surface area contributed by atoms with Crippen LogP contribution < -0.4 is 0 Å². The maximum atomic E-state index is 11.6. The lowest BCUT2D eigenvalue weighted by Gasteiger charge is -2.09. The third kappa shape index (κ3) is 1.56. The number of carbonyl (C=O) groups is 1. The van der Waals surface area contributed by atoms with Crippen molar-refractivity contribution in [2.45, 2.75) is 51.0 Å². The molecule has 0 saturated heterocycles. The number of rotatable bonds is 0. The van der Waals surface area contributed by atoms with E-state index in [0.717, 1.165) is 25.7 Å². The van der Waals surface area contributed by atoms with E-state index in [2.05, 4.69) is 6.08 Å². The van der Waals surface area contributed by atoms with Crippen LogP contribution in [0.4, 0.5) is 0 Å². The van der Waals surface area contributed by atoms with Crippen LogP contribution in [0.1, 0.15) is 44.9 Å². The SMILES string of the molecule is O=C1CC/C=C2/CC[C@H]3C[C@@H](O)C(=C23)CC1. The lowest BCUT2D eigenvalue weighted by Crippen LogP contribution is -2.08. The first-order chi connectivity index (χ1) is 7.75. The molecule has 0 aromatic heterocycles. The Kier molecular flexibility index (Phi) is 2.47. The molecule has 3 rings (SSSR count). The van der Waals surface area contributed by atoms with Gasteiger partial charge in [-0.1, -0.05) is 6.08 Å². The standard InChI is InChI=1S/C14H18O2/c15-11-3-1-2-9-4-5-10-8-13(16)12(7-6-11)14(9)10/h2,10,13,16H,1,3-8H2/b9-2-/t10-,13+/m0/s1. The third-order valence-electron chi connectivity index (χ3n) is 4.26. The zero-order valence-corrected chi connectivity index (χ0v) is 9.54. The Balaban J connectivity index is 2.00. The van der Waals surface area contributed by atoms with Gasteiger partial charge in [-0.15, -0.1) is 0 Å². The van der Waals surface area contributed by atoms with Crippen LogP contribution in [-0.4, -0.2) is 17.0 Å². The van der Waals surface area contributed by atoms with Crippen LogP contribution in [-0.2, 0) is 4.79 Å². The van der Waals surface area contributed by atoms with Gasteiger partial charge in [-0.05, 0) is 54.7 Å². The number of aliphatic hydroxyl groups excluding tert-OH is 1. The number of ketones is 1. The van der Waals surface area contributed by atoms with Crippen molar-refractivity contribution in [3.63, 3.8) is 0 Å². The van der Waals surface area contributed by atoms with Gasteiger partial charge in [0.15, 0.2) is 0 Å². The minimum Gasteiger partial charge on any atom is -0.389 e. The van der Waals surface area contributed by atoms with Gasteiger partial charge in [-0.25, -0.2) is 0 Å². The number of aliphatic hydroxyl groups is 1. The third-order valence-corrected chi connectivity index (χ3v) is 4.26. The van der Waals surface area contributed by atoms with E-state index < -0.39 is 0 Å². The number of hydrogen-bond donors (Lipinski definition) is 1. The van der Waals surface area contributed by atoms with Gasteiger partial charge in [0.2, 0.25) is 0 Å². The Hall–Kier alpha value is -0.890. The number of allylic oxidation sites excluding steroid dienone is 3. The topological polar surface area (TPSA) is 37.3 Å². The van der Waals surface area contributed by atoms with Crippen LogP contribution in [0.25, 0.3) is 0 Å². The molecule has 0 spiro atoms. The van der Waals surface area contributed by atoms with Gasteiger partial charge >= 0.3 is 0 Å². The molecule has 1 fully saturated rings. The van der Waals surface area contributed by atoms with Crippen molar-refractivity contribution in [1.29, 1.82) is 0 Å². The van der Waals surface area contributed by atoms with E-state index in [0.29, 0.717) is 24.5 Å². The first kappa shape index (κ1) is 10.3. The second-order valence-corrected chi connectivity index (χ2v) is 5.23. The largest absolute Gasteiger partial charge is 0.389 e. The summed E-state index contributed by atoms with van der Waals surface area (Å²) >= 11 is 0. The number of Topliss-reactive ketones (excluding diaryl/α,β-unsaturated/α-hetero) is 1. The Morgan fingerprint density at radius 1 is 1.19 bits per heavy atom. The average molecular weight is 218 g/mol. The molecule has 0 aliphatic heterocycles. The molecule has 0 radical (unpaired) electrons. The summed E-state index contributed by atoms with van der Waals surface area (Å²) in [5.74, 6) is 0.935. The van der Waals surface area contributed by atoms with Crippen LogP contribution in [0.5, 0.6) is 0 Å². The van der Waals surface area contributed by atoms with Crippen LogP contribution >= 0.6 is 0 Å². The van der Waals surface area contributed by atoms with Crippen LogP contribution in [0.2, 0.25) is 0 Å². The van der Waals surface area contributed by atoms with Crippen molar-refractivity contribution >= 4 is 5.78 Å². The van der Waals surface area contributed by atoms with Crippen molar-refractivity contribution in [2.75, 3.05) is 0 Å². The van der Waals surface area contributed by atoms with E-state index in [-0.39, 0.29) is 6.10 Å². The fourth-order valence-corrected chi connectivity index (χ4v) is 3.49. The van der Waals surface area contributed by atoms with Crippen LogP contribution in [0.15, 0.2) is 22.8 Å². The highest BCUT2D eigenvalue weighted by atomic mass is 16.3. The quantitative estimate of drug-likeness (QED) is 0.678. The van der Waals surface area contributed by atoms with Crippen molar-refractivity contribution in [3.8, 4) is 0 Å². The maximum Gasteiger partial charge on any atom is 0.133 e. The van der Waals surface area contributed by atoms with Crippen LogP contribution in [0, 0.1) is 5.92 Å². The molecule has 2 nitrogen and oxygen atoms in total. The molecule has 0 aromatic carbocycles. The Morgan fingerprint density at radius 2 is 2.06 bits per heavy atom. The van der Waals surface area contributed by atoms with E-state index in [4.69, 9.17) is 0 Å². The molecular weight excluding hydrogens is 200 g/mol. The smallest absolute Gasteiger partial charge is 0.133 e. The summed E-state index contributed by atoms with van der Waals surface area (Å²) < 4.78 is 0. The van der Waals surface area contributed by atoms with E-state index in [1.165, 1.54) is 23.1 Å². The summed E-state index contributed by atoms with van der Waals surface area (Å²) in [4.78, 5) is 11.6. The summed E-state index contributed by atoms with van der Waals surface area (Å²) in [6.07, 6.45) is 8.24. The second kappa shape index (κ2) is 3.85. The van der Waals surface area contributed by atoms with Gasteiger partial charge < -0.3 is 5.11 Å². The van der Waals surface area contributed by atoms with Crippen molar-refractivity contribution in [1.82, 2.24) is 0 Å². The highest BCUT2D eigenvalue weighted by Crippen LogP contribution is 2.48. The Bertz CT molecular complexity index is 390. The van der Waals surface area contributed by atoms with Gasteiger partial charge in [-0.2, -0.15) is 0 Å². The predicted octanol–water partition coefficient (Wildman–Crippen LogP) is 2.53. The van der Waals surface area contributed by atoms with Gasteiger partial charge in [-0.3, -0.25) is 4.79 Å². The van der Waals surface area contributed by atoms with Crippen molar-refractivity contribution < 1.29 is 9.90 Å². The average Bonchev–Trinajstić information content (AvgIpc) is 2.76. The maximum absolute atomic E-state index is 11.6. The molecule has 0 aromatic rings. The molecule has 0 unspecified atom stereocenters. The fraction of sp³-hybridized carbons (Fsp3) is 0.643. The molecule has 0 bridgehead atoms. The molecule has 16 heavy (non-hydrogen) atoms. The van der Waals surface area contributed by atoms with E-state index in [1.54, 1.807) is 0 Å². The number of hydrogen-bond acceptors (Lipinski definition) is 2. The highest BCUT2D eigenvalue weighted by molar-refractivity contribution is 5.79. The lowest BCUT2D eigenvalue weighted by molar-refractivity contribution is -0.119. The summed E-state index contributed by atoms with van der Waals surface area (Å²) in [6, 6.07) is 0. The molecule has 2 heteroatoms. The Labute approximate surface area is 96.0 Å². The molecule has 2 atom stereocenters. The summed E-state index contributed by atoms with van der Waals surface area (Å²) in [7, 11) is 0. The Morgan fingerprint density at radius 3 is 2.94 bits per heavy atom. The summed E-state index contributed by atoms with van der Waals surface area (Å²) in [5, 5.41) is 10.0. The van der Waals surface area contributed by atoms with Gasteiger partial charge in [0.1, 0.15) is 5.78 Å². The molecule has 0 heterocycles. The zero-order chi connectivity index (χ0) is 11.1.